The highest BCUT2D eigenvalue weighted by atomic mass is 28.4. The molecule has 0 fully saturated rings. The van der Waals surface area contributed by atoms with Crippen molar-refractivity contribution in [1.82, 2.24) is 4.90 Å². The van der Waals surface area contributed by atoms with Crippen molar-refractivity contribution in [1.29, 1.82) is 0 Å². The van der Waals surface area contributed by atoms with Gasteiger partial charge >= 0.3 is 8.80 Å². The molecule has 1 rings (SSSR count). The Kier molecular flexibility index (Phi) is 8.36. The van der Waals surface area contributed by atoms with Gasteiger partial charge in [0.2, 0.25) is 0 Å². The molecule has 1 aliphatic heterocycles. The minimum Gasteiger partial charge on any atom is -0.374 e. The fourth-order valence-electron chi connectivity index (χ4n) is 2.59. The summed E-state index contributed by atoms with van der Waals surface area (Å²) >= 11 is 0. The standard InChI is InChI=1S/C14H30N2O3Si/c1-5-14-15-10-12-16(14)11-9-13-20(17-6-2,18-7-3)19-8-4/h5-13H2,1-4H3. The van der Waals surface area contributed by atoms with E-state index >= 15 is 0 Å². The zero-order valence-corrected chi connectivity index (χ0v) is 14.5. The average Bonchev–Trinajstić information content (AvgIpc) is 2.87. The summed E-state index contributed by atoms with van der Waals surface area (Å²) in [6.07, 6.45) is 2.05. The number of nitrogens with zero attached hydrogens (tertiary/aromatic N) is 2. The van der Waals surface area contributed by atoms with Gasteiger partial charge in [0.25, 0.3) is 0 Å². The van der Waals surface area contributed by atoms with E-state index in [4.69, 9.17) is 13.3 Å². The lowest BCUT2D eigenvalue weighted by atomic mass is 10.3. The van der Waals surface area contributed by atoms with Crippen LogP contribution in [-0.2, 0) is 13.3 Å². The van der Waals surface area contributed by atoms with Crippen LogP contribution in [0.5, 0.6) is 0 Å². The first-order valence-corrected chi connectivity index (χ1v) is 9.84. The van der Waals surface area contributed by atoms with Gasteiger partial charge in [-0.05, 0) is 27.2 Å². The van der Waals surface area contributed by atoms with Crippen LogP contribution in [-0.4, -0.2) is 59.0 Å². The second kappa shape index (κ2) is 9.49. The number of aliphatic imine (C=N–C) groups is 1. The topological polar surface area (TPSA) is 43.3 Å². The predicted molar refractivity (Wildman–Crippen MR) is 84.2 cm³/mol. The molecule has 0 atom stereocenters. The lowest BCUT2D eigenvalue weighted by molar-refractivity contribution is 0.0704. The molecule has 0 aromatic heterocycles. The minimum absolute atomic E-state index is 0.650. The second-order valence-electron chi connectivity index (χ2n) is 4.72. The fraction of sp³-hybridized carbons (Fsp3) is 0.929. The third kappa shape index (κ3) is 5.16. The summed E-state index contributed by atoms with van der Waals surface area (Å²) in [6.45, 7) is 13.1. The highest BCUT2D eigenvalue weighted by Gasteiger charge is 2.39. The van der Waals surface area contributed by atoms with Gasteiger partial charge in [-0.1, -0.05) is 6.92 Å². The molecular formula is C14H30N2O3Si. The molecule has 0 radical (unpaired) electrons. The van der Waals surface area contributed by atoms with Crippen molar-refractivity contribution in [3.63, 3.8) is 0 Å². The number of hydrogen-bond donors (Lipinski definition) is 0. The average molecular weight is 302 g/mol. The first-order valence-electron chi connectivity index (χ1n) is 7.91. The van der Waals surface area contributed by atoms with Crippen molar-refractivity contribution in [3.05, 3.63) is 0 Å². The summed E-state index contributed by atoms with van der Waals surface area (Å²) in [6, 6.07) is 0.885. The van der Waals surface area contributed by atoms with E-state index in [1.165, 1.54) is 5.84 Å². The first-order chi connectivity index (χ1) is 9.71. The summed E-state index contributed by atoms with van der Waals surface area (Å²) in [4.78, 5) is 6.90. The van der Waals surface area contributed by atoms with Crippen molar-refractivity contribution in [3.8, 4) is 0 Å². The largest absolute Gasteiger partial charge is 0.500 e. The Hall–Kier alpha value is -0.433. The van der Waals surface area contributed by atoms with Crippen molar-refractivity contribution < 1.29 is 13.3 Å². The summed E-state index contributed by atoms with van der Waals surface area (Å²) in [5, 5.41) is 0. The molecule has 0 saturated heterocycles. The SMILES string of the molecule is CCO[Si](CCCN1CCN=C1CC)(OCC)OCC. The van der Waals surface area contributed by atoms with E-state index in [2.05, 4.69) is 16.8 Å². The van der Waals surface area contributed by atoms with Crippen LogP contribution in [0.3, 0.4) is 0 Å². The van der Waals surface area contributed by atoms with E-state index in [1.54, 1.807) is 0 Å². The van der Waals surface area contributed by atoms with Crippen molar-refractivity contribution >= 4 is 14.6 Å². The van der Waals surface area contributed by atoms with Crippen LogP contribution in [0, 0.1) is 0 Å². The number of amidine groups is 1. The maximum atomic E-state index is 5.87. The Morgan fingerprint density at radius 3 is 2.15 bits per heavy atom. The van der Waals surface area contributed by atoms with Gasteiger partial charge in [-0.3, -0.25) is 4.99 Å². The summed E-state index contributed by atoms with van der Waals surface area (Å²) in [5.41, 5.74) is 0. The Labute approximate surface area is 124 Å². The smallest absolute Gasteiger partial charge is 0.374 e. The van der Waals surface area contributed by atoms with Gasteiger partial charge in [0.15, 0.2) is 0 Å². The normalized spacial score (nSPS) is 15.8. The van der Waals surface area contributed by atoms with Gasteiger partial charge in [-0.15, -0.1) is 0 Å². The van der Waals surface area contributed by atoms with E-state index in [0.29, 0.717) is 19.8 Å². The maximum Gasteiger partial charge on any atom is 0.500 e. The molecule has 0 aromatic rings. The highest BCUT2D eigenvalue weighted by molar-refractivity contribution is 6.60. The minimum atomic E-state index is -2.47. The van der Waals surface area contributed by atoms with E-state index < -0.39 is 8.80 Å². The summed E-state index contributed by atoms with van der Waals surface area (Å²) < 4.78 is 17.6. The van der Waals surface area contributed by atoms with Crippen LogP contribution in [0.25, 0.3) is 0 Å². The van der Waals surface area contributed by atoms with Gasteiger partial charge in [0, 0.05) is 45.4 Å². The Bertz CT molecular complexity index is 283. The van der Waals surface area contributed by atoms with Crippen LogP contribution >= 0.6 is 0 Å². The first kappa shape index (κ1) is 17.6. The van der Waals surface area contributed by atoms with Crippen LogP contribution in [0.15, 0.2) is 4.99 Å². The third-order valence-electron chi connectivity index (χ3n) is 3.35. The molecule has 0 bridgehead atoms. The van der Waals surface area contributed by atoms with E-state index in [1.807, 2.05) is 20.8 Å². The predicted octanol–water partition coefficient (Wildman–Crippen LogP) is 2.55. The summed E-state index contributed by atoms with van der Waals surface area (Å²) in [7, 11) is -2.47. The third-order valence-corrected chi connectivity index (χ3v) is 6.50. The Balaban J connectivity index is 2.46. The molecule has 0 aliphatic carbocycles. The molecule has 0 amide bonds. The molecule has 118 valence electrons. The van der Waals surface area contributed by atoms with Gasteiger partial charge in [-0.25, -0.2) is 0 Å². The molecule has 1 heterocycles. The van der Waals surface area contributed by atoms with Crippen molar-refractivity contribution in [2.45, 2.75) is 46.6 Å². The van der Waals surface area contributed by atoms with Gasteiger partial charge in [0.05, 0.1) is 12.4 Å². The van der Waals surface area contributed by atoms with Crippen LogP contribution < -0.4 is 0 Å². The number of rotatable bonds is 11. The Morgan fingerprint density at radius 1 is 1.05 bits per heavy atom. The fourth-order valence-corrected chi connectivity index (χ4v) is 5.19. The van der Waals surface area contributed by atoms with Crippen LogP contribution in [0.1, 0.15) is 40.5 Å². The molecule has 0 spiro atoms. The second-order valence-corrected chi connectivity index (χ2v) is 7.46. The molecule has 5 nitrogen and oxygen atoms in total. The molecule has 0 aromatic carbocycles. The lowest BCUT2D eigenvalue weighted by Crippen LogP contribution is -2.46. The molecule has 0 unspecified atom stereocenters. The molecule has 1 aliphatic rings. The van der Waals surface area contributed by atoms with Crippen LogP contribution in [0.2, 0.25) is 6.04 Å². The van der Waals surface area contributed by atoms with E-state index in [0.717, 1.165) is 38.5 Å². The lowest BCUT2D eigenvalue weighted by Gasteiger charge is -2.29. The van der Waals surface area contributed by atoms with Crippen LogP contribution in [0.4, 0.5) is 0 Å². The zero-order valence-electron chi connectivity index (χ0n) is 13.5. The molecule has 0 N–H and O–H groups in total. The molecule has 0 saturated carbocycles. The van der Waals surface area contributed by atoms with Gasteiger partial charge in [0.1, 0.15) is 0 Å². The van der Waals surface area contributed by atoms with E-state index in [-0.39, 0.29) is 0 Å². The van der Waals surface area contributed by atoms with Crippen molar-refractivity contribution in [2.75, 3.05) is 39.5 Å². The van der Waals surface area contributed by atoms with E-state index in [9.17, 15) is 0 Å². The monoisotopic (exact) mass is 302 g/mol. The van der Waals surface area contributed by atoms with Crippen molar-refractivity contribution in [2.24, 2.45) is 4.99 Å². The van der Waals surface area contributed by atoms with Gasteiger partial charge < -0.3 is 18.2 Å². The quantitative estimate of drug-likeness (QED) is 0.550. The molecular weight excluding hydrogens is 272 g/mol. The maximum absolute atomic E-state index is 5.87. The molecule has 20 heavy (non-hydrogen) atoms. The number of hydrogen-bond acceptors (Lipinski definition) is 5. The molecule has 6 heteroatoms. The summed E-state index contributed by atoms with van der Waals surface area (Å²) in [5.74, 6) is 1.24. The highest BCUT2D eigenvalue weighted by Crippen LogP contribution is 2.19. The Morgan fingerprint density at radius 2 is 1.65 bits per heavy atom. The zero-order chi connectivity index (χ0) is 14.8. The van der Waals surface area contributed by atoms with Gasteiger partial charge in [-0.2, -0.15) is 0 Å².